The van der Waals surface area contributed by atoms with Gasteiger partial charge in [0, 0.05) is 12.6 Å². The summed E-state index contributed by atoms with van der Waals surface area (Å²) in [7, 11) is 0. The molecule has 1 aromatic rings. The molecule has 1 aromatic heterocycles. The van der Waals surface area contributed by atoms with E-state index in [1.165, 1.54) is 12.4 Å². The van der Waals surface area contributed by atoms with Gasteiger partial charge in [-0.15, -0.1) is 0 Å². The summed E-state index contributed by atoms with van der Waals surface area (Å²) in [4.78, 5) is 26.5. The van der Waals surface area contributed by atoms with E-state index < -0.39 is 6.04 Å². The lowest BCUT2D eigenvalue weighted by molar-refractivity contribution is -0.122. The zero-order valence-electron chi connectivity index (χ0n) is 8.37. The summed E-state index contributed by atoms with van der Waals surface area (Å²) >= 11 is 5.86. The van der Waals surface area contributed by atoms with E-state index in [0.29, 0.717) is 23.6 Å². The van der Waals surface area contributed by atoms with Gasteiger partial charge in [0.15, 0.2) is 0 Å². The van der Waals surface area contributed by atoms with Gasteiger partial charge < -0.3 is 10.6 Å². The van der Waals surface area contributed by atoms with Crippen LogP contribution >= 0.6 is 11.6 Å². The molecule has 2 N–H and O–H groups in total. The van der Waals surface area contributed by atoms with Crippen LogP contribution < -0.4 is 10.6 Å². The molecule has 84 valence electrons. The van der Waals surface area contributed by atoms with Crippen LogP contribution in [0.2, 0.25) is 5.02 Å². The van der Waals surface area contributed by atoms with Crippen molar-refractivity contribution < 1.29 is 9.59 Å². The summed E-state index contributed by atoms with van der Waals surface area (Å²) in [6.45, 7) is 0. The quantitative estimate of drug-likeness (QED) is 0.807. The van der Waals surface area contributed by atoms with E-state index in [1.807, 2.05) is 0 Å². The maximum atomic E-state index is 11.7. The van der Waals surface area contributed by atoms with E-state index in [4.69, 9.17) is 11.6 Å². The van der Waals surface area contributed by atoms with Crippen molar-refractivity contribution in [3.63, 3.8) is 0 Å². The van der Waals surface area contributed by atoms with E-state index in [-0.39, 0.29) is 11.8 Å². The number of aromatic nitrogens is 1. The van der Waals surface area contributed by atoms with Gasteiger partial charge in [0.05, 0.1) is 16.9 Å². The van der Waals surface area contributed by atoms with Crippen LogP contribution in [0.4, 0.5) is 5.69 Å². The number of carbonyl (C=O) groups is 2. The fourth-order valence-corrected chi connectivity index (χ4v) is 1.65. The highest BCUT2D eigenvalue weighted by atomic mass is 35.5. The Morgan fingerprint density at radius 2 is 2.44 bits per heavy atom. The van der Waals surface area contributed by atoms with Gasteiger partial charge in [-0.1, -0.05) is 11.6 Å². The SMILES string of the molecule is O=C1CCC(C(=O)Nc2cnccc2Cl)N1. The maximum Gasteiger partial charge on any atom is 0.247 e. The van der Waals surface area contributed by atoms with Gasteiger partial charge in [0.2, 0.25) is 11.8 Å². The molecule has 0 radical (unpaired) electrons. The zero-order chi connectivity index (χ0) is 11.5. The predicted molar refractivity (Wildman–Crippen MR) is 59.0 cm³/mol. The van der Waals surface area contributed by atoms with Crippen LogP contribution in [0.25, 0.3) is 0 Å². The molecule has 5 nitrogen and oxygen atoms in total. The third-order valence-corrected chi connectivity index (χ3v) is 2.67. The second kappa shape index (κ2) is 4.49. The van der Waals surface area contributed by atoms with Crippen LogP contribution in [0.1, 0.15) is 12.8 Å². The molecule has 2 heterocycles. The second-order valence-electron chi connectivity index (χ2n) is 3.50. The zero-order valence-corrected chi connectivity index (χ0v) is 9.12. The summed E-state index contributed by atoms with van der Waals surface area (Å²) in [5.74, 6) is -0.363. The fraction of sp³-hybridized carbons (Fsp3) is 0.300. The predicted octanol–water partition coefficient (Wildman–Crippen LogP) is 0.952. The van der Waals surface area contributed by atoms with Crippen molar-refractivity contribution in [1.82, 2.24) is 10.3 Å². The van der Waals surface area contributed by atoms with Crippen LogP contribution in [-0.4, -0.2) is 22.8 Å². The lowest BCUT2D eigenvalue weighted by Gasteiger charge is -2.11. The lowest BCUT2D eigenvalue weighted by atomic mass is 10.2. The summed E-state index contributed by atoms with van der Waals surface area (Å²) in [6, 6.07) is 1.12. The van der Waals surface area contributed by atoms with Crippen LogP contribution in [0.15, 0.2) is 18.5 Å². The summed E-state index contributed by atoms with van der Waals surface area (Å²) < 4.78 is 0. The minimum atomic E-state index is -0.469. The molecular formula is C10H10ClN3O2. The molecule has 1 aliphatic heterocycles. The van der Waals surface area contributed by atoms with Gasteiger partial charge >= 0.3 is 0 Å². The molecule has 1 atom stereocenters. The Labute approximate surface area is 97.2 Å². The highest BCUT2D eigenvalue weighted by Crippen LogP contribution is 2.20. The molecule has 0 bridgehead atoms. The fourth-order valence-electron chi connectivity index (χ4n) is 1.50. The molecule has 0 saturated carbocycles. The number of anilines is 1. The van der Waals surface area contributed by atoms with Gasteiger partial charge in [-0.25, -0.2) is 0 Å². The smallest absolute Gasteiger partial charge is 0.247 e. The molecule has 6 heteroatoms. The highest BCUT2D eigenvalue weighted by Gasteiger charge is 2.27. The monoisotopic (exact) mass is 239 g/mol. The van der Waals surface area contributed by atoms with Crippen molar-refractivity contribution >= 4 is 29.1 Å². The minimum absolute atomic E-state index is 0.0996. The molecule has 1 saturated heterocycles. The molecule has 1 aliphatic rings. The lowest BCUT2D eigenvalue weighted by Crippen LogP contribution is -2.37. The average Bonchev–Trinajstić information content (AvgIpc) is 2.68. The molecular weight excluding hydrogens is 230 g/mol. The van der Waals surface area contributed by atoms with Crippen LogP contribution in [0.3, 0.4) is 0 Å². The molecule has 1 fully saturated rings. The van der Waals surface area contributed by atoms with E-state index >= 15 is 0 Å². The third kappa shape index (κ3) is 2.30. The molecule has 1 unspecified atom stereocenters. The first kappa shape index (κ1) is 10.9. The van der Waals surface area contributed by atoms with Crippen molar-refractivity contribution in [2.45, 2.75) is 18.9 Å². The number of nitrogens with zero attached hydrogens (tertiary/aromatic N) is 1. The summed E-state index contributed by atoms with van der Waals surface area (Å²) in [5.41, 5.74) is 0.454. The Morgan fingerprint density at radius 1 is 1.62 bits per heavy atom. The highest BCUT2D eigenvalue weighted by molar-refractivity contribution is 6.33. The van der Waals surface area contributed by atoms with Gasteiger partial charge in [0.25, 0.3) is 0 Å². The third-order valence-electron chi connectivity index (χ3n) is 2.34. The molecule has 0 aliphatic carbocycles. The van der Waals surface area contributed by atoms with E-state index in [0.717, 1.165) is 0 Å². The first-order valence-corrected chi connectivity index (χ1v) is 5.24. The average molecular weight is 240 g/mol. The van der Waals surface area contributed by atoms with Crippen LogP contribution in [0.5, 0.6) is 0 Å². The van der Waals surface area contributed by atoms with E-state index in [9.17, 15) is 9.59 Å². The summed E-state index contributed by atoms with van der Waals surface area (Å²) in [5, 5.41) is 5.63. The topological polar surface area (TPSA) is 71.1 Å². The van der Waals surface area contributed by atoms with Gasteiger partial charge in [-0.05, 0) is 12.5 Å². The van der Waals surface area contributed by atoms with Crippen molar-refractivity contribution in [3.8, 4) is 0 Å². The number of rotatable bonds is 2. The molecule has 2 amide bonds. The largest absolute Gasteiger partial charge is 0.344 e. The Kier molecular flexibility index (Phi) is 3.05. The number of carbonyl (C=O) groups excluding carboxylic acids is 2. The number of nitrogens with one attached hydrogen (secondary N) is 2. The van der Waals surface area contributed by atoms with E-state index in [1.54, 1.807) is 6.07 Å². The molecule has 0 aromatic carbocycles. The first-order valence-electron chi connectivity index (χ1n) is 4.86. The first-order chi connectivity index (χ1) is 7.66. The van der Waals surface area contributed by atoms with Gasteiger partial charge in [-0.3, -0.25) is 14.6 Å². The number of hydrogen-bond acceptors (Lipinski definition) is 3. The number of hydrogen-bond donors (Lipinski definition) is 2. The van der Waals surface area contributed by atoms with Crippen molar-refractivity contribution in [3.05, 3.63) is 23.5 Å². The van der Waals surface area contributed by atoms with Crippen molar-refractivity contribution in [2.75, 3.05) is 5.32 Å². The Morgan fingerprint density at radius 3 is 3.06 bits per heavy atom. The number of halogens is 1. The standard InChI is InChI=1S/C10H10ClN3O2/c11-6-3-4-12-5-8(6)14-10(16)7-1-2-9(15)13-7/h3-5,7H,1-2H2,(H,13,15)(H,14,16). The van der Waals surface area contributed by atoms with Crippen molar-refractivity contribution in [2.24, 2.45) is 0 Å². The molecule has 0 spiro atoms. The summed E-state index contributed by atoms with van der Waals surface area (Å²) in [6.07, 6.45) is 3.91. The second-order valence-corrected chi connectivity index (χ2v) is 3.91. The van der Waals surface area contributed by atoms with Crippen LogP contribution in [0, 0.1) is 0 Å². The number of pyridine rings is 1. The Bertz CT molecular complexity index is 436. The Hall–Kier alpha value is -1.62. The van der Waals surface area contributed by atoms with Gasteiger partial charge in [-0.2, -0.15) is 0 Å². The molecule has 2 rings (SSSR count). The van der Waals surface area contributed by atoms with Gasteiger partial charge in [0.1, 0.15) is 6.04 Å². The normalized spacial score (nSPS) is 19.3. The van der Waals surface area contributed by atoms with Crippen molar-refractivity contribution in [1.29, 1.82) is 0 Å². The minimum Gasteiger partial charge on any atom is -0.344 e. The van der Waals surface area contributed by atoms with Crippen LogP contribution in [-0.2, 0) is 9.59 Å². The Balaban J connectivity index is 2.03. The van der Waals surface area contributed by atoms with E-state index in [2.05, 4.69) is 15.6 Å². The number of amides is 2. The maximum absolute atomic E-state index is 11.7. The molecule has 16 heavy (non-hydrogen) atoms.